The lowest BCUT2D eigenvalue weighted by molar-refractivity contribution is 0.652. The summed E-state index contributed by atoms with van der Waals surface area (Å²) in [4.78, 5) is 7.48. The monoisotopic (exact) mass is 278 g/mol. The Morgan fingerprint density at radius 2 is 1.70 bits per heavy atom. The fourth-order valence-corrected chi connectivity index (χ4v) is 2.65. The van der Waals surface area contributed by atoms with E-state index in [1.807, 2.05) is 54.6 Å². The van der Waals surface area contributed by atoms with Gasteiger partial charge in [-0.15, -0.1) is 0 Å². The second-order valence-electron chi connectivity index (χ2n) is 4.56. The first-order valence-electron chi connectivity index (χ1n) is 6.30. The van der Waals surface area contributed by atoms with Crippen molar-refractivity contribution in [2.75, 3.05) is 0 Å². The molecule has 0 saturated heterocycles. The van der Waals surface area contributed by atoms with E-state index in [9.17, 15) is 0 Å². The SMILES string of the molecule is S=c1nc2oc3ccccc3c2c(-c2ccccc2)[nH]1. The molecule has 4 aromatic rings. The van der Waals surface area contributed by atoms with Gasteiger partial charge in [-0.1, -0.05) is 48.5 Å². The van der Waals surface area contributed by atoms with Crippen molar-refractivity contribution in [1.29, 1.82) is 0 Å². The first kappa shape index (κ1) is 11.4. The number of para-hydroxylation sites is 1. The highest BCUT2D eigenvalue weighted by Crippen LogP contribution is 2.33. The van der Waals surface area contributed by atoms with Gasteiger partial charge in [0.25, 0.3) is 0 Å². The van der Waals surface area contributed by atoms with Crippen molar-refractivity contribution in [3.05, 3.63) is 59.4 Å². The third-order valence-corrected chi connectivity index (χ3v) is 3.52. The van der Waals surface area contributed by atoms with E-state index >= 15 is 0 Å². The van der Waals surface area contributed by atoms with Crippen LogP contribution in [0.5, 0.6) is 0 Å². The van der Waals surface area contributed by atoms with Crippen LogP contribution in [-0.4, -0.2) is 9.97 Å². The van der Waals surface area contributed by atoms with E-state index in [0.29, 0.717) is 10.5 Å². The number of nitrogens with zero attached hydrogens (tertiary/aromatic N) is 1. The van der Waals surface area contributed by atoms with Crippen LogP contribution in [-0.2, 0) is 0 Å². The van der Waals surface area contributed by atoms with Crippen LogP contribution < -0.4 is 0 Å². The van der Waals surface area contributed by atoms with Crippen LogP contribution in [0.2, 0.25) is 0 Å². The average molecular weight is 278 g/mol. The molecule has 4 heteroatoms. The molecule has 4 rings (SSSR count). The average Bonchev–Trinajstić information content (AvgIpc) is 2.85. The largest absolute Gasteiger partial charge is 0.438 e. The minimum Gasteiger partial charge on any atom is -0.438 e. The molecule has 0 saturated carbocycles. The molecule has 0 unspecified atom stereocenters. The number of benzene rings is 2. The molecule has 0 fully saturated rings. The minimum absolute atomic E-state index is 0.426. The lowest BCUT2D eigenvalue weighted by atomic mass is 10.1. The molecule has 0 atom stereocenters. The van der Waals surface area contributed by atoms with Crippen molar-refractivity contribution in [2.45, 2.75) is 0 Å². The number of fused-ring (bicyclic) bond motifs is 3. The summed E-state index contributed by atoms with van der Waals surface area (Å²) >= 11 is 5.20. The maximum absolute atomic E-state index is 5.80. The first-order chi connectivity index (χ1) is 9.83. The van der Waals surface area contributed by atoms with Crippen LogP contribution in [0.1, 0.15) is 0 Å². The van der Waals surface area contributed by atoms with Crippen LogP contribution in [0.3, 0.4) is 0 Å². The van der Waals surface area contributed by atoms with E-state index < -0.39 is 0 Å². The Kier molecular flexibility index (Phi) is 2.44. The van der Waals surface area contributed by atoms with Crippen LogP contribution in [0, 0.1) is 4.77 Å². The van der Waals surface area contributed by atoms with Crippen molar-refractivity contribution in [1.82, 2.24) is 9.97 Å². The molecule has 0 radical (unpaired) electrons. The molecule has 2 aromatic carbocycles. The smallest absolute Gasteiger partial charge is 0.232 e. The summed E-state index contributed by atoms with van der Waals surface area (Å²) in [6, 6.07) is 18.0. The van der Waals surface area contributed by atoms with Gasteiger partial charge in [0.05, 0.1) is 11.1 Å². The molecule has 3 nitrogen and oxygen atoms in total. The topological polar surface area (TPSA) is 41.8 Å². The number of aromatic nitrogens is 2. The predicted octanol–water partition coefficient (Wildman–Crippen LogP) is 4.71. The summed E-state index contributed by atoms with van der Waals surface area (Å²) in [5.74, 6) is 0. The molecule has 0 aliphatic rings. The summed E-state index contributed by atoms with van der Waals surface area (Å²) in [6.45, 7) is 0. The summed E-state index contributed by atoms with van der Waals surface area (Å²) in [5, 5.41) is 2.01. The molecule has 2 aromatic heterocycles. The number of furan rings is 1. The van der Waals surface area contributed by atoms with Gasteiger partial charge in [0.2, 0.25) is 10.5 Å². The van der Waals surface area contributed by atoms with Gasteiger partial charge in [0, 0.05) is 5.39 Å². The highest BCUT2D eigenvalue weighted by Gasteiger charge is 2.13. The van der Waals surface area contributed by atoms with Crippen molar-refractivity contribution in [3.8, 4) is 11.3 Å². The minimum atomic E-state index is 0.426. The summed E-state index contributed by atoms with van der Waals surface area (Å²) in [6.07, 6.45) is 0. The fraction of sp³-hybridized carbons (Fsp3) is 0. The van der Waals surface area contributed by atoms with Crippen LogP contribution in [0.15, 0.2) is 59.0 Å². The Morgan fingerprint density at radius 1 is 0.950 bits per heavy atom. The quantitative estimate of drug-likeness (QED) is 0.513. The molecule has 0 aliphatic carbocycles. The lowest BCUT2D eigenvalue weighted by Gasteiger charge is -2.03. The zero-order valence-electron chi connectivity index (χ0n) is 10.5. The number of H-pyrrole nitrogens is 1. The van der Waals surface area contributed by atoms with Gasteiger partial charge in [0.15, 0.2) is 0 Å². The number of rotatable bonds is 1. The third-order valence-electron chi connectivity index (χ3n) is 3.32. The first-order valence-corrected chi connectivity index (χ1v) is 6.71. The predicted molar refractivity (Wildman–Crippen MR) is 82.1 cm³/mol. The molecular formula is C16H10N2OS. The number of hydrogen-bond acceptors (Lipinski definition) is 3. The molecular weight excluding hydrogens is 268 g/mol. The normalized spacial score (nSPS) is 11.2. The fourth-order valence-electron chi connectivity index (χ4n) is 2.46. The molecule has 2 heterocycles. The Labute approximate surface area is 119 Å². The van der Waals surface area contributed by atoms with Crippen molar-refractivity contribution in [3.63, 3.8) is 0 Å². The van der Waals surface area contributed by atoms with Crippen LogP contribution >= 0.6 is 12.2 Å². The molecule has 0 spiro atoms. The molecule has 0 bridgehead atoms. The maximum Gasteiger partial charge on any atom is 0.232 e. The number of hydrogen-bond donors (Lipinski definition) is 1. The molecule has 0 amide bonds. The van der Waals surface area contributed by atoms with Gasteiger partial charge in [-0.3, -0.25) is 0 Å². The van der Waals surface area contributed by atoms with Crippen LogP contribution in [0.25, 0.3) is 33.3 Å². The molecule has 0 aliphatic heterocycles. The van der Waals surface area contributed by atoms with E-state index in [1.165, 1.54) is 0 Å². The van der Waals surface area contributed by atoms with Gasteiger partial charge in [0.1, 0.15) is 5.58 Å². The maximum atomic E-state index is 5.80. The van der Waals surface area contributed by atoms with E-state index in [-0.39, 0.29) is 0 Å². The molecule has 20 heavy (non-hydrogen) atoms. The van der Waals surface area contributed by atoms with Gasteiger partial charge in [-0.25, -0.2) is 0 Å². The second-order valence-corrected chi connectivity index (χ2v) is 4.95. The lowest BCUT2D eigenvalue weighted by Crippen LogP contribution is -1.88. The third kappa shape index (κ3) is 1.66. The Bertz CT molecular complexity index is 970. The zero-order valence-corrected chi connectivity index (χ0v) is 11.3. The van der Waals surface area contributed by atoms with Crippen LogP contribution in [0.4, 0.5) is 0 Å². The number of aromatic amines is 1. The molecule has 96 valence electrons. The highest BCUT2D eigenvalue weighted by molar-refractivity contribution is 7.71. The van der Waals surface area contributed by atoms with E-state index in [1.54, 1.807) is 0 Å². The van der Waals surface area contributed by atoms with Gasteiger partial charge in [-0.05, 0) is 23.8 Å². The van der Waals surface area contributed by atoms with Gasteiger partial charge < -0.3 is 9.40 Å². The summed E-state index contributed by atoms with van der Waals surface area (Å²) in [5.41, 5.74) is 3.41. The molecule has 1 N–H and O–H groups in total. The number of nitrogens with one attached hydrogen (secondary N) is 1. The second kappa shape index (κ2) is 4.28. The Balaban J connectivity index is 2.22. The van der Waals surface area contributed by atoms with Crippen molar-refractivity contribution in [2.24, 2.45) is 0 Å². The van der Waals surface area contributed by atoms with Gasteiger partial charge in [-0.2, -0.15) is 4.98 Å². The standard InChI is InChI=1S/C16H10N2OS/c20-16-17-14(10-6-2-1-3-7-10)13-11-8-4-5-9-12(11)19-15(13)18-16/h1-9H,(H,17,18,20). The van der Waals surface area contributed by atoms with Gasteiger partial charge >= 0.3 is 0 Å². The Morgan fingerprint density at radius 3 is 2.55 bits per heavy atom. The van der Waals surface area contributed by atoms with E-state index in [2.05, 4.69) is 9.97 Å². The summed E-state index contributed by atoms with van der Waals surface area (Å²) < 4.78 is 6.22. The van der Waals surface area contributed by atoms with E-state index in [4.69, 9.17) is 16.6 Å². The Hall–Kier alpha value is -2.46. The zero-order chi connectivity index (χ0) is 13.5. The van der Waals surface area contributed by atoms with Crippen molar-refractivity contribution >= 4 is 34.3 Å². The highest BCUT2D eigenvalue weighted by atomic mass is 32.1. The van der Waals surface area contributed by atoms with Crippen molar-refractivity contribution < 1.29 is 4.42 Å². The summed E-state index contributed by atoms with van der Waals surface area (Å²) in [7, 11) is 0. The van der Waals surface area contributed by atoms with E-state index in [0.717, 1.165) is 27.6 Å².